The third-order valence-corrected chi connectivity index (χ3v) is 2.59. The zero-order chi connectivity index (χ0) is 14.1. The van der Waals surface area contributed by atoms with Gasteiger partial charge in [-0.1, -0.05) is 5.16 Å². The highest BCUT2D eigenvalue weighted by molar-refractivity contribution is 5.59. The van der Waals surface area contributed by atoms with Gasteiger partial charge in [0.1, 0.15) is 23.4 Å². The molecule has 1 N–H and O–H groups in total. The van der Waals surface area contributed by atoms with Crippen LogP contribution in [-0.2, 0) is 0 Å². The van der Waals surface area contributed by atoms with Gasteiger partial charge in [0.05, 0.1) is 5.56 Å². The Labute approximate surface area is 111 Å². The van der Waals surface area contributed by atoms with Gasteiger partial charge in [-0.05, 0) is 18.2 Å². The summed E-state index contributed by atoms with van der Waals surface area (Å²) < 4.78 is 31.2. The molecule has 0 saturated heterocycles. The first-order valence-corrected chi connectivity index (χ1v) is 5.55. The van der Waals surface area contributed by atoms with Crippen molar-refractivity contribution in [2.75, 3.05) is 0 Å². The lowest BCUT2D eigenvalue weighted by molar-refractivity contribution is 0.431. The number of nitrogens with one attached hydrogen (secondary N) is 1. The molecule has 0 fully saturated rings. The van der Waals surface area contributed by atoms with Crippen LogP contribution in [0.3, 0.4) is 0 Å². The lowest BCUT2D eigenvalue weighted by Crippen LogP contribution is -1.86. The van der Waals surface area contributed by atoms with Crippen LogP contribution in [0.5, 0.6) is 0 Å². The average Bonchev–Trinajstić information content (AvgIpc) is 3.06. The molecule has 1 aromatic carbocycles. The van der Waals surface area contributed by atoms with E-state index in [2.05, 4.69) is 15.1 Å². The summed E-state index contributed by atoms with van der Waals surface area (Å²) >= 11 is 0. The maximum Gasteiger partial charge on any atom is 0.274 e. The van der Waals surface area contributed by atoms with Gasteiger partial charge in [0.2, 0.25) is 5.82 Å². The molecule has 0 spiro atoms. The highest BCUT2D eigenvalue weighted by Crippen LogP contribution is 2.23. The number of hydrogen-bond acceptors (Lipinski definition) is 4. The Kier molecular flexibility index (Phi) is 2.76. The van der Waals surface area contributed by atoms with E-state index in [-0.39, 0.29) is 17.3 Å². The number of nitriles is 1. The molecule has 0 radical (unpaired) electrons. The molecule has 0 aliphatic carbocycles. The molecule has 0 aliphatic rings. The minimum atomic E-state index is -0.724. The summed E-state index contributed by atoms with van der Waals surface area (Å²) in [7, 11) is 0. The van der Waals surface area contributed by atoms with Crippen molar-refractivity contribution in [2.45, 2.75) is 0 Å². The molecular formula is C13H6F2N4O. The first-order valence-electron chi connectivity index (χ1n) is 5.55. The fourth-order valence-electron chi connectivity index (χ4n) is 1.72. The van der Waals surface area contributed by atoms with Gasteiger partial charge in [0.25, 0.3) is 5.89 Å². The molecular weight excluding hydrogens is 266 g/mol. The van der Waals surface area contributed by atoms with Crippen LogP contribution in [0.2, 0.25) is 0 Å². The van der Waals surface area contributed by atoms with Crippen molar-refractivity contribution in [3.8, 4) is 29.0 Å². The monoisotopic (exact) mass is 272 g/mol. The molecule has 0 amide bonds. The molecule has 0 bridgehead atoms. The van der Waals surface area contributed by atoms with Gasteiger partial charge in [0, 0.05) is 17.8 Å². The molecule has 5 nitrogen and oxygen atoms in total. The minimum Gasteiger partial charge on any atom is -0.356 e. The van der Waals surface area contributed by atoms with Crippen LogP contribution in [0, 0.1) is 23.0 Å². The Morgan fingerprint density at radius 1 is 1.15 bits per heavy atom. The van der Waals surface area contributed by atoms with Crippen molar-refractivity contribution in [3.05, 3.63) is 47.7 Å². The SMILES string of the molecule is N#Cc1c[nH]c(-c2nc(-c3cc(F)cc(F)c3)no2)c1. The predicted molar refractivity (Wildman–Crippen MR) is 64.2 cm³/mol. The highest BCUT2D eigenvalue weighted by Gasteiger charge is 2.13. The molecule has 7 heteroatoms. The van der Waals surface area contributed by atoms with Crippen LogP contribution in [0.1, 0.15) is 5.56 Å². The third-order valence-electron chi connectivity index (χ3n) is 2.59. The molecule has 0 saturated carbocycles. The van der Waals surface area contributed by atoms with Crippen molar-refractivity contribution in [1.29, 1.82) is 5.26 Å². The van der Waals surface area contributed by atoms with E-state index < -0.39 is 11.6 Å². The van der Waals surface area contributed by atoms with Crippen LogP contribution < -0.4 is 0 Å². The third kappa shape index (κ3) is 2.14. The number of hydrogen-bond donors (Lipinski definition) is 1. The molecule has 2 heterocycles. The lowest BCUT2D eigenvalue weighted by atomic mass is 10.2. The normalized spacial score (nSPS) is 10.4. The fraction of sp³-hybridized carbons (Fsp3) is 0. The molecule has 3 rings (SSSR count). The maximum absolute atomic E-state index is 13.1. The van der Waals surface area contributed by atoms with Gasteiger partial charge < -0.3 is 9.51 Å². The largest absolute Gasteiger partial charge is 0.356 e. The summed E-state index contributed by atoms with van der Waals surface area (Å²) in [6, 6.07) is 6.45. The number of rotatable bonds is 2. The zero-order valence-electron chi connectivity index (χ0n) is 9.89. The number of halogens is 2. The molecule has 0 atom stereocenters. The second kappa shape index (κ2) is 4.59. The van der Waals surface area contributed by atoms with Gasteiger partial charge in [-0.25, -0.2) is 8.78 Å². The van der Waals surface area contributed by atoms with Gasteiger partial charge >= 0.3 is 0 Å². The fourth-order valence-corrected chi connectivity index (χ4v) is 1.72. The second-order valence-corrected chi connectivity index (χ2v) is 4.00. The number of aromatic amines is 1. The van der Waals surface area contributed by atoms with E-state index in [0.29, 0.717) is 11.3 Å². The van der Waals surface area contributed by atoms with E-state index >= 15 is 0 Å². The van der Waals surface area contributed by atoms with Crippen molar-refractivity contribution in [3.63, 3.8) is 0 Å². The first kappa shape index (κ1) is 12.0. The van der Waals surface area contributed by atoms with Crippen LogP contribution in [0.25, 0.3) is 23.0 Å². The van der Waals surface area contributed by atoms with E-state index in [1.807, 2.05) is 6.07 Å². The Bertz CT molecular complexity index is 796. The number of aromatic nitrogens is 3. The minimum absolute atomic E-state index is 0.0616. The molecule has 0 unspecified atom stereocenters. The van der Waals surface area contributed by atoms with E-state index in [9.17, 15) is 8.78 Å². The Morgan fingerprint density at radius 2 is 1.90 bits per heavy atom. The number of nitrogens with zero attached hydrogens (tertiary/aromatic N) is 3. The van der Waals surface area contributed by atoms with Gasteiger partial charge in [-0.2, -0.15) is 10.2 Å². The summed E-state index contributed by atoms with van der Waals surface area (Å²) in [5.74, 6) is -1.26. The second-order valence-electron chi connectivity index (χ2n) is 4.00. The van der Waals surface area contributed by atoms with Gasteiger partial charge in [-0.15, -0.1) is 0 Å². The molecule has 0 aliphatic heterocycles. The Morgan fingerprint density at radius 3 is 2.55 bits per heavy atom. The summed E-state index contributed by atoms with van der Waals surface area (Å²) in [5.41, 5.74) is 1.04. The van der Waals surface area contributed by atoms with Crippen LogP contribution in [-0.4, -0.2) is 15.1 Å². The predicted octanol–water partition coefficient (Wildman–Crippen LogP) is 2.88. The summed E-state index contributed by atoms with van der Waals surface area (Å²) in [6.07, 6.45) is 1.49. The highest BCUT2D eigenvalue weighted by atomic mass is 19.1. The summed E-state index contributed by atoms with van der Waals surface area (Å²) in [4.78, 5) is 6.82. The molecule has 2 aromatic heterocycles. The molecule has 20 heavy (non-hydrogen) atoms. The maximum atomic E-state index is 13.1. The average molecular weight is 272 g/mol. The van der Waals surface area contributed by atoms with E-state index in [1.165, 1.54) is 12.3 Å². The first-order chi connectivity index (χ1) is 9.65. The number of H-pyrrole nitrogens is 1. The summed E-state index contributed by atoms with van der Waals surface area (Å²) in [6.45, 7) is 0. The lowest BCUT2D eigenvalue weighted by Gasteiger charge is -1.95. The van der Waals surface area contributed by atoms with Crippen LogP contribution in [0.15, 0.2) is 35.0 Å². The number of benzene rings is 1. The standard InChI is InChI=1S/C13H6F2N4O/c14-9-2-8(3-10(15)4-9)12-18-13(20-19-12)11-1-7(5-16)6-17-11/h1-4,6,17H. The van der Waals surface area contributed by atoms with Gasteiger partial charge in [0.15, 0.2) is 0 Å². The topological polar surface area (TPSA) is 78.5 Å². The molecule has 98 valence electrons. The van der Waals surface area contributed by atoms with Gasteiger partial charge in [-0.3, -0.25) is 0 Å². The van der Waals surface area contributed by atoms with Crippen molar-refractivity contribution in [1.82, 2.24) is 15.1 Å². The Balaban J connectivity index is 1.99. The Hall–Kier alpha value is -3.01. The van der Waals surface area contributed by atoms with Crippen molar-refractivity contribution in [2.24, 2.45) is 0 Å². The van der Waals surface area contributed by atoms with Crippen LogP contribution in [0.4, 0.5) is 8.78 Å². The summed E-state index contributed by atoms with van der Waals surface area (Å²) in [5, 5.41) is 12.4. The van der Waals surface area contributed by atoms with Crippen molar-refractivity contribution >= 4 is 0 Å². The molecule has 3 aromatic rings. The van der Waals surface area contributed by atoms with Crippen molar-refractivity contribution < 1.29 is 13.3 Å². The van der Waals surface area contributed by atoms with Crippen LogP contribution >= 0.6 is 0 Å². The smallest absolute Gasteiger partial charge is 0.274 e. The quantitative estimate of drug-likeness (QED) is 0.778. The van der Waals surface area contributed by atoms with E-state index in [1.54, 1.807) is 0 Å². The van der Waals surface area contributed by atoms with E-state index in [4.69, 9.17) is 9.78 Å². The zero-order valence-corrected chi connectivity index (χ0v) is 9.89. The van der Waals surface area contributed by atoms with E-state index in [0.717, 1.165) is 18.2 Å².